The van der Waals surface area contributed by atoms with Gasteiger partial charge in [-0.05, 0) is 56.2 Å². The Hall–Kier alpha value is -3.26. The van der Waals surface area contributed by atoms with Crippen LogP contribution in [0.3, 0.4) is 0 Å². The molecular formula is C24H27N5O3. The summed E-state index contributed by atoms with van der Waals surface area (Å²) in [6.45, 7) is 0.913. The number of aromatic nitrogens is 3. The van der Waals surface area contributed by atoms with E-state index < -0.39 is 5.97 Å². The Balaban J connectivity index is 0.000000314. The van der Waals surface area contributed by atoms with Crippen LogP contribution in [0.5, 0.6) is 0 Å². The predicted molar refractivity (Wildman–Crippen MR) is 120 cm³/mol. The van der Waals surface area contributed by atoms with Crippen LogP contribution in [0.15, 0.2) is 42.5 Å². The summed E-state index contributed by atoms with van der Waals surface area (Å²) in [5, 5.41) is 18.9. The molecule has 1 amide bonds. The van der Waals surface area contributed by atoms with Crippen molar-refractivity contribution >= 4 is 23.5 Å². The molecule has 3 saturated carbocycles. The Kier molecular flexibility index (Phi) is 5.61. The molecule has 8 nitrogen and oxygen atoms in total. The Morgan fingerprint density at radius 1 is 0.969 bits per heavy atom. The Morgan fingerprint density at radius 2 is 1.69 bits per heavy atom. The molecule has 0 bridgehead atoms. The molecule has 1 aromatic carbocycles. The van der Waals surface area contributed by atoms with Crippen molar-refractivity contribution in [1.29, 1.82) is 0 Å². The van der Waals surface area contributed by atoms with Crippen molar-refractivity contribution in [1.82, 2.24) is 19.9 Å². The molecule has 2 aromatic heterocycles. The number of nitrogens with zero attached hydrogens (tertiary/aromatic N) is 3. The van der Waals surface area contributed by atoms with E-state index in [0.717, 1.165) is 49.1 Å². The maximum atomic E-state index is 12.0. The molecule has 3 aromatic rings. The normalized spacial score (nSPS) is 17.5. The number of hydrogen-bond acceptors (Lipinski definition) is 5. The number of nitrogens with one attached hydrogen (secondary N) is 2. The summed E-state index contributed by atoms with van der Waals surface area (Å²) in [7, 11) is 0. The summed E-state index contributed by atoms with van der Waals surface area (Å²) in [6.07, 6.45) is 6.32. The summed E-state index contributed by atoms with van der Waals surface area (Å²) in [5.74, 6) is -0.0764. The smallest absolute Gasteiger partial charge is 0.306 e. The third-order valence-corrected chi connectivity index (χ3v) is 5.89. The molecule has 0 aliphatic heterocycles. The molecule has 0 saturated heterocycles. The topological polar surface area (TPSA) is 109 Å². The summed E-state index contributed by atoms with van der Waals surface area (Å²) >= 11 is 0. The lowest BCUT2D eigenvalue weighted by Crippen LogP contribution is -2.15. The van der Waals surface area contributed by atoms with Gasteiger partial charge < -0.3 is 10.4 Å². The fourth-order valence-corrected chi connectivity index (χ4v) is 3.41. The number of carboxylic acids is 1. The number of aliphatic carboxylic acids is 1. The van der Waals surface area contributed by atoms with E-state index in [1.54, 1.807) is 4.52 Å². The third kappa shape index (κ3) is 5.13. The van der Waals surface area contributed by atoms with Crippen LogP contribution in [0, 0.1) is 11.8 Å². The van der Waals surface area contributed by atoms with Gasteiger partial charge in [-0.1, -0.05) is 30.3 Å². The Labute approximate surface area is 186 Å². The zero-order chi connectivity index (χ0) is 22.1. The van der Waals surface area contributed by atoms with Gasteiger partial charge in [0.1, 0.15) is 0 Å². The maximum absolute atomic E-state index is 12.0. The van der Waals surface area contributed by atoms with Crippen LogP contribution in [-0.2, 0) is 16.1 Å². The first-order valence-electron chi connectivity index (χ1n) is 11.3. The van der Waals surface area contributed by atoms with Gasteiger partial charge in [0.2, 0.25) is 11.9 Å². The van der Waals surface area contributed by atoms with E-state index >= 15 is 0 Å². The molecule has 0 atom stereocenters. The second kappa shape index (κ2) is 8.70. The third-order valence-electron chi connectivity index (χ3n) is 5.89. The number of carbonyl (C=O) groups is 2. The summed E-state index contributed by atoms with van der Waals surface area (Å²) in [6, 6.07) is 15.1. The number of benzene rings is 1. The van der Waals surface area contributed by atoms with Crippen LogP contribution in [0.2, 0.25) is 0 Å². The van der Waals surface area contributed by atoms with Gasteiger partial charge in [-0.3, -0.25) is 14.9 Å². The number of amides is 1. The molecule has 32 heavy (non-hydrogen) atoms. The van der Waals surface area contributed by atoms with E-state index in [-0.39, 0.29) is 17.7 Å². The van der Waals surface area contributed by atoms with E-state index in [9.17, 15) is 9.59 Å². The monoisotopic (exact) mass is 433 g/mol. The van der Waals surface area contributed by atoms with Gasteiger partial charge in [-0.15, -0.1) is 5.10 Å². The lowest BCUT2D eigenvalue weighted by atomic mass is 10.1. The Morgan fingerprint density at radius 3 is 2.28 bits per heavy atom. The van der Waals surface area contributed by atoms with Crippen molar-refractivity contribution in [3.63, 3.8) is 0 Å². The van der Waals surface area contributed by atoms with Crippen LogP contribution < -0.4 is 10.6 Å². The highest BCUT2D eigenvalue weighted by Crippen LogP contribution is 2.30. The molecule has 3 fully saturated rings. The minimum atomic E-state index is -0.630. The van der Waals surface area contributed by atoms with Crippen molar-refractivity contribution < 1.29 is 14.7 Å². The van der Waals surface area contributed by atoms with Gasteiger partial charge in [0.15, 0.2) is 5.65 Å². The average Bonchev–Trinajstić information content (AvgIpc) is 3.64. The summed E-state index contributed by atoms with van der Waals surface area (Å²) in [4.78, 5) is 26.1. The van der Waals surface area contributed by atoms with E-state index in [1.807, 2.05) is 18.2 Å². The zero-order valence-corrected chi connectivity index (χ0v) is 17.8. The molecule has 2 heterocycles. The van der Waals surface area contributed by atoms with Crippen molar-refractivity contribution in [2.75, 3.05) is 5.32 Å². The quantitative estimate of drug-likeness (QED) is 0.526. The molecule has 6 rings (SSSR count). The molecule has 166 valence electrons. The zero-order valence-electron chi connectivity index (χ0n) is 17.8. The van der Waals surface area contributed by atoms with E-state index in [1.165, 1.54) is 18.4 Å². The maximum Gasteiger partial charge on any atom is 0.306 e. The van der Waals surface area contributed by atoms with Crippen molar-refractivity contribution in [2.24, 2.45) is 11.8 Å². The first-order chi connectivity index (χ1) is 15.6. The number of pyridine rings is 1. The number of anilines is 1. The predicted octanol–water partition coefficient (Wildman–Crippen LogP) is 3.48. The molecule has 8 heteroatoms. The molecule has 3 N–H and O–H groups in total. The number of carboxylic acid groups (broad SMARTS) is 1. The number of hydrogen-bond donors (Lipinski definition) is 3. The summed E-state index contributed by atoms with van der Waals surface area (Å²) in [5.41, 5.74) is 4.05. The lowest BCUT2D eigenvalue weighted by Gasteiger charge is -2.07. The fraction of sp³-hybridized carbons (Fsp3) is 0.417. The van der Waals surface area contributed by atoms with Crippen molar-refractivity contribution in [2.45, 2.75) is 51.1 Å². The highest BCUT2D eigenvalue weighted by atomic mass is 16.4. The molecule has 0 radical (unpaired) electrons. The van der Waals surface area contributed by atoms with Gasteiger partial charge in [0, 0.05) is 24.1 Å². The fourth-order valence-electron chi connectivity index (χ4n) is 3.41. The minimum Gasteiger partial charge on any atom is -0.481 e. The first-order valence-corrected chi connectivity index (χ1v) is 11.3. The van der Waals surface area contributed by atoms with E-state index in [2.05, 4.69) is 45.0 Å². The van der Waals surface area contributed by atoms with E-state index in [0.29, 0.717) is 12.0 Å². The molecule has 3 aliphatic carbocycles. The van der Waals surface area contributed by atoms with Crippen LogP contribution in [0.4, 0.5) is 5.95 Å². The molecule has 3 aliphatic rings. The van der Waals surface area contributed by atoms with Gasteiger partial charge in [0.25, 0.3) is 0 Å². The average molecular weight is 434 g/mol. The van der Waals surface area contributed by atoms with Crippen LogP contribution in [0.25, 0.3) is 16.9 Å². The number of rotatable bonds is 7. The second-order valence-electron chi connectivity index (χ2n) is 8.84. The van der Waals surface area contributed by atoms with E-state index in [4.69, 9.17) is 5.11 Å². The molecular weight excluding hydrogens is 406 g/mol. The second-order valence-corrected chi connectivity index (χ2v) is 8.84. The Bertz CT molecular complexity index is 1130. The summed E-state index contributed by atoms with van der Waals surface area (Å²) < 4.78 is 1.79. The van der Waals surface area contributed by atoms with Crippen LogP contribution in [-0.4, -0.2) is 37.6 Å². The number of fused-ring (bicyclic) bond motifs is 1. The molecule has 0 unspecified atom stereocenters. The SMILES string of the molecule is O=C(Nc1nc2cccc(-c3ccc(CNC4CC4)cc3)n2n1)C1CC1.O=C(O)C1CC1. The van der Waals surface area contributed by atoms with Crippen molar-refractivity contribution in [3.05, 3.63) is 48.0 Å². The lowest BCUT2D eigenvalue weighted by molar-refractivity contribution is -0.138. The molecule has 0 spiro atoms. The first kappa shape index (κ1) is 20.6. The van der Waals surface area contributed by atoms with Crippen molar-refractivity contribution in [3.8, 4) is 11.3 Å². The van der Waals surface area contributed by atoms with Crippen LogP contribution in [0.1, 0.15) is 44.1 Å². The van der Waals surface area contributed by atoms with Gasteiger partial charge >= 0.3 is 5.97 Å². The number of carbonyl (C=O) groups excluding carboxylic acids is 1. The van der Waals surface area contributed by atoms with Gasteiger partial charge in [0.05, 0.1) is 11.6 Å². The highest BCUT2D eigenvalue weighted by molar-refractivity contribution is 5.92. The standard InChI is InChI=1S/C20H21N5O.C4H6O2/c26-19(15-8-9-15)23-20-22-18-3-1-2-17(25(18)24-20)14-6-4-13(5-7-14)12-21-16-10-11-16;5-4(6)3-1-2-3/h1-7,15-16,21H,8-12H2,(H,23,24,26);3H,1-2H2,(H,5,6). The largest absolute Gasteiger partial charge is 0.481 e. The minimum absolute atomic E-state index is 0.0185. The highest BCUT2D eigenvalue weighted by Gasteiger charge is 2.30. The van der Waals surface area contributed by atoms with Crippen LogP contribution >= 0.6 is 0 Å². The van der Waals surface area contributed by atoms with Gasteiger partial charge in [-0.25, -0.2) is 4.52 Å². The van der Waals surface area contributed by atoms with Gasteiger partial charge in [-0.2, -0.15) is 4.98 Å².